The lowest BCUT2D eigenvalue weighted by atomic mass is 9.79. The van der Waals surface area contributed by atoms with Crippen molar-refractivity contribution in [2.45, 2.75) is 58.4 Å². The monoisotopic (exact) mass is 240 g/mol. The lowest BCUT2D eigenvalue weighted by Gasteiger charge is -2.27. The van der Waals surface area contributed by atoms with Gasteiger partial charge in [0.25, 0.3) is 0 Å². The first-order chi connectivity index (χ1) is 8.00. The molecular weight excluding hydrogens is 216 g/mol. The summed E-state index contributed by atoms with van der Waals surface area (Å²) in [6.07, 6.45) is 6.87. The Balaban J connectivity index is 2.31. The lowest BCUT2D eigenvalue weighted by Crippen LogP contribution is -2.42. The number of hydrogen-bond donors (Lipinski definition) is 2. The molecule has 0 heterocycles. The van der Waals surface area contributed by atoms with Crippen LogP contribution in [0.5, 0.6) is 0 Å². The molecule has 0 aromatic rings. The number of hydrogen-bond acceptors (Lipinski definition) is 2. The van der Waals surface area contributed by atoms with Gasteiger partial charge in [0.2, 0.25) is 11.8 Å². The van der Waals surface area contributed by atoms with Crippen molar-refractivity contribution < 1.29 is 9.59 Å². The summed E-state index contributed by atoms with van der Waals surface area (Å²) < 4.78 is 0. The van der Waals surface area contributed by atoms with Gasteiger partial charge in [0.05, 0.1) is 0 Å². The number of amides is 2. The molecule has 2 amide bonds. The molecule has 4 heteroatoms. The largest absolute Gasteiger partial charge is 0.368 e. The van der Waals surface area contributed by atoms with Gasteiger partial charge in [-0.1, -0.05) is 39.0 Å². The first-order valence-corrected chi connectivity index (χ1v) is 6.59. The van der Waals surface area contributed by atoms with Crippen LogP contribution in [0.4, 0.5) is 0 Å². The predicted octanol–water partition coefficient (Wildman–Crippen LogP) is 1.58. The van der Waals surface area contributed by atoms with Crippen LogP contribution in [0.3, 0.4) is 0 Å². The molecule has 2 unspecified atom stereocenters. The summed E-state index contributed by atoms with van der Waals surface area (Å²) in [5.41, 5.74) is 5.10. The lowest BCUT2D eigenvalue weighted by molar-refractivity contribution is -0.127. The topological polar surface area (TPSA) is 72.2 Å². The van der Waals surface area contributed by atoms with E-state index in [0.717, 1.165) is 0 Å². The Bertz CT molecular complexity index is 273. The maximum absolute atomic E-state index is 11.7. The van der Waals surface area contributed by atoms with Crippen molar-refractivity contribution in [1.82, 2.24) is 5.32 Å². The van der Waals surface area contributed by atoms with Gasteiger partial charge in [-0.25, -0.2) is 0 Å². The van der Waals surface area contributed by atoms with Crippen molar-refractivity contribution in [1.29, 1.82) is 0 Å². The zero-order valence-corrected chi connectivity index (χ0v) is 10.9. The van der Waals surface area contributed by atoms with E-state index in [1.165, 1.54) is 32.1 Å². The maximum atomic E-state index is 11.7. The van der Waals surface area contributed by atoms with Gasteiger partial charge in [-0.05, 0) is 18.8 Å². The average molecular weight is 240 g/mol. The van der Waals surface area contributed by atoms with Crippen molar-refractivity contribution in [3.8, 4) is 0 Å². The molecule has 17 heavy (non-hydrogen) atoms. The third kappa shape index (κ3) is 4.75. The van der Waals surface area contributed by atoms with Crippen molar-refractivity contribution >= 4 is 11.8 Å². The first-order valence-electron chi connectivity index (χ1n) is 6.59. The summed E-state index contributed by atoms with van der Waals surface area (Å²) >= 11 is 0. The molecule has 0 aromatic carbocycles. The second kappa shape index (κ2) is 6.62. The van der Waals surface area contributed by atoms with Crippen LogP contribution < -0.4 is 11.1 Å². The van der Waals surface area contributed by atoms with Crippen LogP contribution in [-0.4, -0.2) is 17.9 Å². The minimum Gasteiger partial charge on any atom is -0.368 e. The summed E-state index contributed by atoms with van der Waals surface area (Å²) in [5, 5.41) is 2.64. The van der Waals surface area contributed by atoms with Gasteiger partial charge in [0.1, 0.15) is 6.04 Å². The van der Waals surface area contributed by atoms with Crippen molar-refractivity contribution in [2.24, 2.45) is 17.6 Å². The minimum absolute atomic E-state index is 0.0608. The quantitative estimate of drug-likeness (QED) is 0.766. The van der Waals surface area contributed by atoms with Gasteiger partial charge >= 0.3 is 0 Å². The van der Waals surface area contributed by atoms with Crippen molar-refractivity contribution in [3.05, 3.63) is 0 Å². The molecular formula is C13H24N2O2. The summed E-state index contributed by atoms with van der Waals surface area (Å²) in [6, 6.07) is -0.568. The fourth-order valence-electron chi connectivity index (χ4n) is 2.53. The van der Waals surface area contributed by atoms with E-state index in [4.69, 9.17) is 5.73 Å². The van der Waals surface area contributed by atoms with Crippen LogP contribution in [0.2, 0.25) is 0 Å². The number of primary amides is 1. The SMILES string of the molecule is CC(NC(=O)CC(C)C1CCCCC1)C(N)=O. The van der Waals surface area contributed by atoms with E-state index in [2.05, 4.69) is 12.2 Å². The van der Waals surface area contributed by atoms with Gasteiger partial charge < -0.3 is 11.1 Å². The Labute approximate surface area is 103 Å². The number of carbonyl (C=O) groups is 2. The highest BCUT2D eigenvalue weighted by Crippen LogP contribution is 2.31. The van der Waals surface area contributed by atoms with E-state index in [1.54, 1.807) is 6.92 Å². The van der Waals surface area contributed by atoms with E-state index in [-0.39, 0.29) is 5.91 Å². The van der Waals surface area contributed by atoms with E-state index >= 15 is 0 Å². The van der Waals surface area contributed by atoms with Crippen LogP contribution in [-0.2, 0) is 9.59 Å². The second-order valence-electron chi connectivity index (χ2n) is 5.27. The summed E-state index contributed by atoms with van der Waals surface area (Å²) in [6.45, 7) is 3.75. The molecule has 4 nitrogen and oxygen atoms in total. The summed E-state index contributed by atoms with van der Waals surface area (Å²) in [4.78, 5) is 22.5. The Morgan fingerprint density at radius 1 is 1.24 bits per heavy atom. The van der Waals surface area contributed by atoms with Crippen molar-refractivity contribution in [2.75, 3.05) is 0 Å². The third-order valence-corrected chi connectivity index (χ3v) is 3.77. The third-order valence-electron chi connectivity index (χ3n) is 3.77. The van der Waals surface area contributed by atoms with Crippen LogP contribution in [0.15, 0.2) is 0 Å². The normalized spacial score (nSPS) is 20.6. The predicted molar refractivity (Wildman–Crippen MR) is 67.2 cm³/mol. The Morgan fingerprint density at radius 3 is 2.35 bits per heavy atom. The molecule has 98 valence electrons. The Hall–Kier alpha value is -1.06. The van der Waals surface area contributed by atoms with Crippen LogP contribution in [0.25, 0.3) is 0 Å². The molecule has 0 saturated heterocycles. The fourth-order valence-corrected chi connectivity index (χ4v) is 2.53. The van der Waals surface area contributed by atoms with E-state index in [1.807, 2.05) is 0 Å². The molecule has 1 aliphatic rings. The number of carbonyl (C=O) groups excluding carboxylic acids is 2. The Morgan fingerprint density at radius 2 is 1.82 bits per heavy atom. The fraction of sp³-hybridized carbons (Fsp3) is 0.846. The van der Waals surface area contributed by atoms with Crippen LogP contribution in [0, 0.1) is 11.8 Å². The second-order valence-corrected chi connectivity index (χ2v) is 5.27. The molecule has 0 bridgehead atoms. The van der Waals surface area contributed by atoms with E-state index < -0.39 is 11.9 Å². The zero-order chi connectivity index (χ0) is 12.8. The van der Waals surface area contributed by atoms with E-state index in [0.29, 0.717) is 18.3 Å². The van der Waals surface area contributed by atoms with Gasteiger partial charge in [0.15, 0.2) is 0 Å². The summed E-state index contributed by atoms with van der Waals surface area (Å²) in [7, 11) is 0. The Kier molecular flexibility index (Phi) is 5.45. The zero-order valence-electron chi connectivity index (χ0n) is 10.9. The highest BCUT2D eigenvalue weighted by atomic mass is 16.2. The summed E-state index contributed by atoms with van der Waals surface area (Å²) in [5.74, 6) is 0.520. The van der Waals surface area contributed by atoms with Gasteiger partial charge in [0, 0.05) is 6.42 Å². The average Bonchev–Trinajstić information content (AvgIpc) is 2.29. The van der Waals surface area contributed by atoms with Crippen LogP contribution in [0.1, 0.15) is 52.4 Å². The highest BCUT2D eigenvalue weighted by molar-refractivity contribution is 5.86. The molecule has 3 N–H and O–H groups in total. The maximum Gasteiger partial charge on any atom is 0.239 e. The van der Waals surface area contributed by atoms with Crippen molar-refractivity contribution in [3.63, 3.8) is 0 Å². The first kappa shape index (κ1) is 14.0. The molecule has 0 spiro atoms. The molecule has 1 saturated carbocycles. The molecule has 0 aromatic heterocycles. The molecule has 1 aliphatic carbocycles. The smallest absolute Gasteiger partial charge is 0.239 e. The van der Waals surface area contributed by atoms with Crippen LogP contribution >= 0.6 is 0 Å². The minimum atomic E-state index is -0.568. The molecule has 0 radical (unpaired) electrons. The van der Waals surface area contributed by atoms with Gasteiger partial charge in [-0.3, -0.25) is 9.59 Å². The molecule has 2 atom stereocenters. The molecule has 0 aliphatic heterocycles. The van der Waals surface area contributed by atoms with Gasteiger partial charge in [-0.15, -0.1) is 0 Å². The van der Waals surface area contributed by atoms with E-state index in [9.17, 15) is 9.59 Å². The molecule has 1 rings (SSSR count). The number of nitrogens with one attached hydrogen (secondary N) is 1. The highest BCUT2D eigenvalue weighted by Gasteiger charge is 2.23. The number of nitrogens with two attached hydrogens (primary N) is 1. The molecule has 1 fully saturated rings. The number of rotatable bonds is 5. The standard InChI is InChI=1S/C13H24N2O2/c1-9(11-6-4-3-5-7-11)8-12(16)15-10(2)13(14)17/h9-11H,3-8H2,1-2H3,(H2,14,17)(H,15,16). The van der Waals surface area contributed by atoms with Gasteiger partial charge in [-0.2, -0.15) is 0 Å².